The van der Waals surface area contributed by atoms with E-state index in [-0.39, 0.29) is 6.61 Å². The van der Waals surface area contributed by atoms with E-state index in [1.807, 2.05) is 30.5 Å². The van der Waals surface area contributed by atoms with Crippen molar-refractivity contribution in [3.63, 3.8) is 0 Å². The largest absolute Gasteiger partial charge is 0.395 e. The third-order valence-corrected chi connectivity index (χ3v) is 2.38. The topological polar surface area (TPSA) is 33.1 Å². The molecule has 0 spiro atoms. The zero-order valence-electron chi connectivity index (χ0n) is 8.98. The number of hydrogen-bond acceptors (Lipinski definition) is 2. The molecule has 0 amide bonds. The molecular formula is C14H13NO. The van der Waals surface area contributed by atoms with Crippen molar-refractivity contribution in [1.29, 1.82) is 0 Å². The quantitative estimate of drug-likeness (QED) is 0.772. The standard InChI is InChI=1S/C14H13NO/c16-11-5-1-2-6-12-9-10-15-14-8-4-3-7-13(12)14/h3-4,7-10,16H,5-6,11H2. The lowest BCUT2D eigenvalue weighted by Gasteiger charge is -2.01. The van der Waals surface area contributed by atoms with Gasteiger partial charge in [-0.3, -0.25) is 4.98 Å². The summed E-state index contributed by atoms with van der Waals surface area (Å²) < 4.78 is 0. The number of fused-ring (bicyclic) bond motifs is 1. The molecule has 0 aliphatic heterocycles. The Labute approximate surface area is 95.0 Å². The fraction of sp³-hybridized carbons (Fsp3) is 0.214. The van der Waals surface area contributed by atoms with E-state index in [4.69, 9.17) is 5.11 Å². The Kier molecular flexibility index (Phi) is 3.53. The highest BCUT2D eigenvalue weighted by Crippen LogP contribution is 2.16. The molecule has 0 fully saturated rings. The molecule has 0 aliphatic carbocycles. The summed E-state index contributed by atoms with van der Waals surface area (Å²) >= 11 is 0. The fourth-order valence-electron chi connectivity index (χ4n) is 1.61. The molecule has 1 heterocycles. The van der Waals surface area contributed by atoms with Crippen molar-refractivity contribution in [2.24, 2.45) is 0 Å². The van der Waals surface area contributed by atoms with Crippen LogP contribution in [0.25, 0.3) is 10.9 Å². The van der Waals surface area contributed by atoms with E-state index in [1.54, 1.807) is 0 Å². The number of rotatable bonds is 2. The number of nitrogens with zero attached hydrogens (tertiary/aromatic N) is 1. The van der Waals surface area contributed by atoms with Crippen LogP contribution in [0, 0.1) is 11.8 Å². The second kappa shape index (κ2) is 5.29. The molecule has 1 N–H and O–H groups in total. The van der Waals surface area contributed by atoms with Crippen LogP contribution in [0.4, 0.5) is 0 Å². The van der Waals surface area contributed by atoms with Gasteiger partial charge < -0.3 is 5.11 Å². The molecule has 0 saturated carbocycles. The maximum absolute atomic E-state index is 8.62. The molecule has 2 rings (SSSR count). The minimum atomic E-state index is 0.129. The van der Waals surface area contributed by atoms with Gasteiger partial charge in [-0.1, -0.05) is 24.1 Å². The van der Waals surface area contributed by atoms with Gasteiger partial charge in [-0.25, -0.2) is 0 Å². The van der Waals surface area contributed by atoms with Crippen LogP contribution in [-0.2, 0) is 6.42 Å². The van der Waals surface area contributed by atoms with E-state index in [2.05, 4.69) is 22.9 Å². The van der Waals surface area contributed by atoms with Gasteiger partial charge in [-0.05, 0) is 17.7 Å². The Balaban J connectivity index is 2.28. The Hall–Kier alpha value is -1.85. The molecule has 80 valence electrons. The van der Waals surface area contributed by atoms with E-state index in [9.17, 15) is 0 Å². The summed E-state index contributed by atoms with van der Waals surface area (Å²) in [4.78, 5) is 4.30. The fourth-order valence-corrected chi connectivity index (χ4v) is 1.61. The summed E-state index contributed by atoms with van der Waals surface area (Å²) in [7, 11) is 0. The minimum Gasteiger partial charge on any atom is -0.395 e. The van der Waals surface area contributed by atoms with Crippen LogP contribution in [0.5, 0.6) is 0 Å². The molecule has 0 atom stereocenters. The lowest BCUT2D eigenvalue weighted by Crippen LogP contribution is -1.87. The number of hydrogen-bond donors (Lipinski definition) is 1. The van der Waals surface area contributed by atoms with E-state index < -0.39 is 0 Å². The molecular weight excluding hydrogens is 198 g/mol. The first kappa shape index (κ1) is 10.7. The average molecular weight is 211 g/mol. The second-order valence-electron chi connectivity index (χ2n) is 3.49. The smallest absolute Gasteiger partial charge is 0.0705 e. The molecule has 2 aromatic rings. The van der Waals surface area contributed by atoms with Crippen LogP contribution < -0.4 is 0 Å². The molecule has 0 saturated heterocycles. The lowest BCUT2D eigenvalue weighted by atomic mass is 10.1. The van der Waals surface area contributed by atoms with Crippen molar-refractivity contribution in [1.82, 2.24) is 4.98 Å². The van der Waals surface area contributed by atoms with Gasteiger partial charge in [0.2, 0.25) is 0 Å². The number of pyridine rings is 1. The SMILES string of the molecule is OCCC#CCc1ccnc2ccccc12. The summed E-state index contributed by atoms with van der Waals surface area (Å²) in [5.41, 5.74) is 2.19. The van der Waals surface area contributed by atoms with Crippen molar-refractivity contribution in [3.05, 3.63) is 42.1 Å². The maximum Gasteiger partial charge on any atom is 0.0705 e. The van der Waals surface area contributed by atoms with Crippen LogP contribution in [0.1, 0.15) is 12.0 Å². The van der Waals surface area contributed by atoms with Crippen molar-refractivity contribution in [2.75, 3.05) is 6.61 Å². The highest BCUT2D eigenvalue weighted by molar-refractivity contribution is 5.82. The summed E-state index contributed by atoms with van der Waals surface area (Å²) in [6.45, 7) is 0.129. The first-order chi connectivity index (χ1) is 7.92. The highest BCUT2D eigenvalue weighted by Gasteiger charge is 1.98. The summed E-state index contributed by atoms with van der Waals surface area (Å²) in [6, 6.07) is 10.0. The van der Waals surface area contributed by atoms with Gasteiger partial charge in [-0.15, -0.1) is 5.92 Å². The number of aromatic nitrogens is 1. The van der Waals surface area contributed by atoms with Crippen molar-refractivity contribution in [2.45, 2.75) is 12.8 Å². The number of para-hydroxylation sites is 1. The third kappa shape index (κ3) is 2.39. The van der Waals surface area contributed by atoms with E-state index in [1.165, 1.54) is 5.56 Å². The number of aliphatic hydroxyl groups excluding tert-OH is 1. The van der Waals surface area contributed by atoms with E-state index in [0.29, 0.717) is 12.8 Å². The molecule has 0 bridgehead atoms. The Bertz CT molecular complexity index is 532. The van der Waals surface area contributed by atoms with Gasteiger partial charge in [0.05, 0.1) is 12.1 Å². The minimum absolute atomic E-state index is 0.129. The predicted molar refractivity (Wildman–Crippen MR) is 64.9 cm³/mol. The normalized spacial score (nSPS) is 9.81. The van der Waals surface area contributed by atoms with Crippen molar-refractivity contribution in [3.8, 4) is 11.8 Å². The van der Waals surface area contributed by atoms with Crippen molar-refractivity contribution < 1.29 is 5.11 Å². The zero-order valence-corrected chi connectivity index (χ0v) is 8.98. The summed E-state index contributed by atoms with van der Waals surface area (Å²) in [5, 5.41) is 9.78. The van der Waals surface area contributed by atoms with E-state index >= 15 is 0 Å². The van der Waals surface area contributed by atoms with Gasteiger partial charge in [-0.2, -0.15) is 0 Å². The number of aliphatic hydroxyl groups is 1. The molecule has 1 aromatic carbocycles. The molecule has 0 aliphatic rings. The van der Waals surface area contributed by atoms with Gasteiger partial charge >= 0.3 is 0 Å². The monoisotopic (exact) mass is 211 g/mol. The van der Waals surface area contributed by atoms with Crippen LogP contribution in [0.15, 0.2) is 36.5 Å². The molecule has 16 heavy (non-hydrogen) atoms. The molecule has 2 heteroatoms. The summed E-state index contributed by atoms with van der Waals surface area (Å²) in [6.07, 6.45) is 3.07. The third-order valence-electron chi connectivity index (χ3n) is 2.38. The second-order valence-corrected chi connectivity index (χ2v) is 3.49. The van der Waals surface area contributed by atoms with Crippen LogP contribution in [0.3, 0.4) is 0 Å². The van der Waals surface area contributed by atoms with Crippen LogP contribution >= 0.6 is 0 Å². The zero-order chi connectivity index (χ0) is 11.2. The Morgan fingerprint density at radius 2 is 2.00 bits per heavy atom. The van der Waals surface area contributed by atoms with Crippen LogP contribution in [0.2, 0.25) is 0 Å². The molecule has 0 radical (unpaired) electrons. The van der Waals surface area contributed by atoms with Gasteiger partial charge in [0, 0.05) is 24.4 Å². The lowest BCUT2D eigenvalue weighted by molar-refractivity contribution is 0.305. The Morgan fingerprint density at radius 3 is 2.88 bits per heavy atom. The average Bonchev–Trinajstić information content (AvgIpc) is 2.35. The van der Waals surface area contributed by atoms with Gasteiger partial charge in [0.1, 0.15) is 0 Å². The summed E-state index contributed by atoms with van der Waals surface area (Å²) in [5.74, 6) is 5.98. The maximum atomic E-state index is 8.62. The van der Waals surface area contributed by atoms with Gasteiger partial charge in [0.15, 0.2) is 0 Å². The highest BCUT2D eigenvalue weighted by atomic mass is 16.2. The van der Waals surface area contributed by atoms with Crippen molar-refractivity contribution >= 4 is 10.9 Å². The van der Waals surface area contributed by atoms with Gasteiger partial charge in [0.25, 0.3) is 0 Å². The number of benzene rings is 1. The molecule has 2 nitrogen and oxygen atoms in total. The molecule has 0 unspecified atom stereocenters. The predicted octanol–water partition coefficient (Wildman–Crippen LogP) is 2.16. The molecule has 1 aromatic heterocycles. The first-order valence-electron chi connectivity index (χ1n) is 5.31. The Morgan fingerprint density at radius 1 is 1.12 bits per heavy atom. The van der Waals surface area contributed by atoms with E-state index in [0.717, 1.165) is 10.9 Å². The first-order valence-corrected chi connectivity index (χ1v) is 5.31. The van der Waals surface area contributed by atoms with Crippen LogP contribution in [-0.4, -0.2) is 16.7 Å².